The lowest BCUT2D eigenvalue weighted by molar-refractivity contribution is 0.410. The number of anilines is 1. The fraction of sp³-hybridized carbons (Fsp3) is 0.615. The molecule has 3 N–H and O–H groups in total. The number of hydrogen-bond donors (Lipinski definition) is 2. The van der Waals surface area contributed by atoms with E-state index in [1.165, 1.54) is 24.6 Å². The van der Waals surface area contributed by atoms with Crippen molar-refractivity contribution in [3.8, 4) is 0 Å². The lowest BCUT2D eigenvalue weighted by atomic mass is 9.92. The minimum atomic E-state index is -3.41. The summed E-state index contributed by atoms with van der Waals surface area (Å²) in [5, 5.41) is 3.33. The molecule has 1 aliphatic rings. The zero-order valence-corrected chi connectivity index (χ0v) is 12.7. The van der Waals surface area contributed by atoms with Crippen LogP contribution in [0.1, 0.15) is 25.7 Å². The van der Waals surface area contributed by atoms with Crippen LogP contribution in [0, 0.1) is 0 Å². The van der Waals surface area contributed by atoms with Gasteiger partial charge in [-0.25, -0.2) is 17.7 Å². The van der Waals surface area contributed by atoms with Crippen LogP contribution >= 0.6 is 0 Å². The molecule has 112 valence electrons. The van der Waals surface area contributed by atoms with Crippen LogP contribution in [0.2, 0.25) is 0 Å². The maximum Gasteiger partial charge on any atom is 0.244 e. The van der Waals surface area contributed by atoms with E-state index in [9.17, 15) is 8.42 Å². The molecule has 0 bridgehead atoms. The Morgan fingerprint density at radius 3 is 2.40 bits per heavy atom. The summed E-state index contributed by atoms with van der Waals surface area (Å²) in [5.41, 5.74) is 5.87. The van der Waals surface area contributed by atoms with Gasteiger partial charge in [0, 0.05) is 32.4 Å². The van der Waals surface area contributed by atoms with Gasteiger partial charge in [0.15, 0.2) is 0 Å². The van der Waals surface area contributed by atoms with Crippen molar-refractivity contribution in [2.75, 3.05) is 19.4 Å². The summed E-state index contributed by atoms with van der Waals surface area (Å²) in [6, 6.07) is 3.98. The van der Waals surface area contributed by atoms with Crippen molar-refractivity contribution in [3.63, 3.8) is 0 Å². The highest BCUT2D eigenvalue weighted by Crippen LogP contribution is 2.21. The van der Waals surface area contributed by atoms with Crippen LogP contribution in [0.15, 0.2) is 23.2 Å². The molecule has 0 spiro atoms. The Morgan fingerprint density at radius 1 is 1.25 bits per heavy atom. The minimum absolute atomic E-state index is 0.207. The zero-order chi connectivity index (χ0) is 14.8. The van der Waals surface area contributed by atoms with Gasteiger partial charge in [-0.15, -0.1) is 0 Å². The second kappa shape index (κ2) is 6.07. The molecule has 1 heterocycles. The van der Waals surface area contributed by atoms with E-state index in [1.54, 1.807) is 12.1 Å². The fourth-order valence-corrected chi connectivity index (χ4v) is 3.15. The largest absolute Gasteiger partial charge is 0.367 e. The summed E-state index contributed by atoms with van der Waals surface area (Å²) in [4.78, 5) is 4.40. The lowest BCUT2D eigenvalue weighted by Gasteiger charge is -2.27. The van der Waals surface area contributed by atoms with E-state index in [0.717, 1.165) is 25.7 Å². The number of nitrogens with zero attached hydrogens (tertiary/aromatic N) is 2. The Kier molecular flexibility index (Phi) is 4.62. The van der Waals surface area contributed by atoms with E-state index in [1.807, 2.05) is 0 Å². The number of hydrogen-bond acceptors (Lipinski definition) is 5. The highest BCUT2D eigenvalue weighted by atomic mass is 32.2. The SMILES string of the molecule is CN(C)S(=O)(=O)c1ccc(NC2CCC(N)CC2)nc1. The molecule has 0 saturated heterocycles. The van der Waals surface area contributed by atoms with Gasteiger partial charge in [-0.1, -0.05) is 0 Å². The van der Waals surface area contributed by atoms with Crippen LogP contribution < -0.4 is 11.1 Å². The van der Waals surface area contributed by atoms with Gasteiger partial charge < -0.3 is 11.1 Å². The highest BCUT2D eigenvalue weighted by Gasteiger charge is 2.20. The molecule has 20 heavy (non-hydrogen) atoms. The first kappa shape index (κ1) is 15.2. The Hall–Kier alpha value is -1.18. The molecule has 0 aliphatic heterocycles. The van der Waals surface area contributed by atoms with E-state index in [0.29, 0.717) is 17.9 Å². The minimum Gasteiger partial charge on any atom is -0.367 e. The Morgan fingerprint density at radius 2 is 1.90 bits per heavy atom. The monoisotopic (exact) mass is 298 g/mol. The van der Waals surface area contributed by atoms with Gasteiger partial charge in [-0.2, -0.15) is 0 Å². The van der Waals surface area contributed by atoms with Gasteiger partial charge in [-0.05, 0) is 37.8 Å². The molecular formula is C13H22N4O2S. The fourth-order valence-electron chi connectivity index (χ4n) is 2.30. The number of nitrogens with two attached hydrogens (primary N) is 1. The summed E-state index contributed by atoms with van der Waals surface area (Å²) in [5.74, 6) is 0.711. The van der Waals surface area contributed by atoms with Gasteiger partial charge in [0.2, 0.25) is 10.0 Å². The Balaban J connectivity index is 2.02. The number of sulfonamides is 1. The molecule has 0 unspecified atom stereocenters. The molecule has 6 nitrogen and oxygen atoms in total. The predicted octanol–water partition coefficient (Wildman–Crippen LogP) is 1.01. The quantitative estimate of drug-likeness (QED) is 0.866. The van der Waals surface area contributed by atoms with E-state index < -0.39 is 10.0 Å². The van der Waals surface area contributed by atoms with Crippen LogP contribution in [0.25, 0.3) is 0 Å². The van der Waals surface area contributed by atoms with Crippen LogP contribution in [-0.4, -0.2) is 43.9 Å². The van der Waals surface area contributed by atoms with Crippen molar-refractivity contribution in [3.05, 3.63) is 18.3 Å². The summed E-state index contributed by atoms with van der Waals surface area (Å²) >= 11 is 0. The third kappa shape index (κ3) is 3.47. The standard InChI is InChI=1S/C13H22N4O2S/c1-17(2)20(18,19)12-7-8-13(15-9-12)16-11-5-3-10(14)4-6-11/h7-11H,3-6,14H2,1-2H3,(H,15,16). The molecule has 2 rings (SSSR count). The molecule has 0 aromatic carbocycles. The normalized spacial score (nSPS) is 23.8. The summed E-state index contributed by atoms with van der Waals surface area (Å²) < 4.78 is 25.0. The average Bonchev–Trinajstić information content (AvgIpc) is 2.42. The molecule has 1 fully saturated rings. The number of nitrogens with one attached hydrogen (secondary N) is 1. The van der Waals surface area contributed by atoms with Crippen molar-refractivity contribution in [1.29, 1.82) is 0 Å². The molecule has 1 aromatic heterocycles. The topological polar surface area (TPSA) is 88.3 Å². The van der Waals surface area contributed by atoms with E-state index in [-0.39, 0.29) is 4.90 Å². The molecular weight excluding hydrogens is 276 g/mol. The van der Waals surface area contributed by atoms with E-state index in [4.69, 9.17) is 5.73 Å². The van der Waals surface area contributed by atoms with Crippen molar-refractivity contribution in [2.45, 2.75) is 42.7 Å². The molecule has 1 saturated carbocycles. The summed E-state index contributed by atoms with van der Waals surface area (Å²) in [6.45, 7) is 0. The average molecular weight is 298 g/mol. The molecule has 1 aliphatic carbocycles. The number of pyridine rings is 1. The molecule has 0 amide bonds. The predicted molar refractivity (Wildman–Crippen MR) is 79.0 cm³/mol. The van der Waals surface area contributed by atoms with Crippen LogP contribution in [0.3, 0.4) is 0 Å². The first-order valence-electron chi connectivity index (χ1n) is 6.80. The Labute approximate surface area is 120 Å². The summed E-state index contributed by atoms with van der Waals surface area (Å²) in [6.07, 6.45) is 5.49. The zero-order valence-electron chi connectivity index (χ0n) is 11.9. The third-order valence-electron chi connectivity index (χ3n) is 3.64. The summed E-state index contributed by atoms with van der Waals surface area (Å²) in [7, 11) is -0.394. The second-order valence-corrected chi connectivity index (χ2v) is 7.57. The van der Waals surface area contributed by atoms with Crippen molar-refractivity contribution < 1.29 is 8.42 Å². The van der Waals surface area contributed by atoms with Crippen molar-refractivity contribution in [1.82, 2.24) is 9.29 Å². The van der Waals surface area contributed by atoms with Crippen molar-refractivity contribution >= 4 is 15.8 Å². The molecule has 0 atom stereocenters. The van der Waals surface area contributed by atoms with Crippen molar-refractivity contribution in [2.24, 2.45) is 5.73 Å². The number of rotatable bonds is 4. The third-order valence-corrected chi connectivity index (χ3v) is 5.44. The molecule has 0 radical (unpaired) electrons. The van der Waals surface area contributed by atoms with E-state index >= 15 is 0 Å². The van der Waals surface area contributed by atoms with Gasteiger partial charge in [-0.3, -0.25) is 0 Å². The number of aromatic nitrogens is 1. The first-order chi connectivity index (χ1) is 9.39. The molecule has 1 aromatic rings. The smallest absolute Gasteiger partial charge is 0.244 e. The first-order valence-corrected chi connectivity index (χ1v) is 8.24. The maximum absolute atomic E-state index is 11.9. The highest BCUT2D eigenvalue weighted by molar-refractivity contribution is 7.89. The van der Waals surface area contributed by atoms with Crippen LogP contribution in [0.4, 0.5) is 5.82 Å². The lowest BCUT2D eigenvalue weighted by Crippen LogP contribution is -2.33. The molecule has 7 heteroatoms. The van der Waals surface area contributed by atoms with Gasteiger partial charge in [0.05, 0.1) is 0 Å². The van der Waals surface area contributed by atoms with Crippen LogP contribution in [0.5, 0.6) is 0 Å². The van der Waals surface area contributed by atoms with Gasteiger partial charge in [0.1, 0.15) is 10.7 Å². The maximum atomic E-state index is 11.9. The van der Waals surface area contributed by atoms with E-state index in [2.05, 4.69) is 10.3 Å². The Bertz CT molecular complexity index is 534. The second-order valence-electron chi connectivity index (χ2n) is 5.42. The van der Waals surface area contributed by atoms with Gasteiger partial charge in [0.25, 0.3) is 0 Å². The van der Waals surface area contributed by atoms with Gasteiger partial charge >= 0.3 is 0 Å². The van der Waals surface area contributed by atoms with Crippen LogP contribution in [-0.2, 0) is 10.0 Å².